The predicted octanol–water partition coefficient (Wildman–Crippen LogP) is 0.502. The zero-order chi connectivity index (χ0) is 21.0. The van der Waals surface area contributed by atoms with E-state index in [2.05, 4.69) is 0 Å². The van der Waals surface area contributed by atoms with Gasteiger partial charge in [0.25, 0.3) is 5.56 Å². The number of benzene rings is 1. The standard InChI is InChI=1S/C20H27N5O4/c1-3-9-24-18(21)17(23-10-12-29-13-11-23)19(27)25(20(24)28)14-16(26)22(2)15-7-5-4-6-8-15/h4-8H,3,9-14,21H2,1-2H3. The highest BCUT2D eigenvalue weighted by atomic mass is 16.5. The van der Waals surface area contributed by atoms with Gasteiger partial charge in [0.1, 0.15) is 18.1 Å². The van der Waals surface area contributed by atoms with Crippen LogP contribution in [0.15, 0.2) is 39.9 Å². The molecule has 1 aromatic heterocycles. The van der Waals surface area contributed by atoms with Crippen molar-refractivity contribution in [3.05, 3.63) is 51.2 Å². The van der Waals surface area contributed by atoms with Gasteiger partial charge in [-0.1, -0.05) is 25.1 Å². The first kappa shape index (κ1) is 20.7. The summed E-state index contributed by atoms with van der Waals surface area (Å²) >= 11 is 0. The Morgan fingerprint density at radius 3 is 2.41 bits per heavy atom. The van der Waals surface area contributed by atoms with Crippen LogP contribution in [0.3, 0.4) is 0 Å². The maximum absolute atomic E-state index is 13.2. The number of para-hydroxylation sites is 1. The summed E-state index contributed by atoms with van der Waals surface area (Å²) in [6.07, 6.45) is 0.669. The van der Waals surface area contributed by atoms with E-state index in [1.165, 1.54) is 9.47 Å². The van der Waals surface area contributed by atoms with E-state index in [-0.39, 0.29) is 24.0 Å². The van der Waals surface area contributed by atoms with Crippen LogP contribution in [0.1, 0.15) is 13.3 Å². The molecule has 1 aliphatic rings. The summed E-state index contributed by atoms with van der Waals surface area (Å²) in [5, 5.41) is 0. The Kier molecular flexibility index (Phi) is 6.38. The third kappa shape index (κ3) is 4.19. The molecule has 29 heavy (non-hydrogen) atoms. The summed E-state index contributed by atoms with van der Waals surface area (Å²) in [7, 11) is 1.62. The molecular formula is C20H27N5O4. The Labute approximate surface area is 168 Å². The van der Waals surface area contributed by atoms with Gasteiger partial charge in [0.2, 0.25) is 5.91 Å². The molecule has 1 amide bonds. The quantitative estimate of drug-likeness (QED) is 0.756. The molecule has 1 aliphatic heterocycles. The minimum absolute atomic E-state index is 0.142. The van der Waals surface area contributed by atoms with E-state index in [0.29, 0.717) is 45.0 Å². The van der Waals surface area contributed by atoms with Crippen molar-refractivity contribution in [2.75, 3.05) is 48.9 Å². The lowest BCUT2D eigenvalue weighted by molar-refractivity contribution is -0.119. The van der Waals surface area contributed by atoms with Gasteiger partial charge in [-0.15, -0.1) is 0 Å². The fraction of sp³-hybridized carbons (Fsp3) is 0.450. The van der Waals surface area contributed by atoms with Crippen molar-refractivity contribution in [1.29, 1.82) is 0 Å². The molecule has 0 radical (unpaired) electrons. The van der Waals surface area contributed by atoms with E-state index in [1.54, 1.807) is 19.2 Å². The first-order chi connectivity index (χ1) is 14.0. The molecule has 9 heteroatoms. The number of rotatable bonds is 6. The number of ether oxygens (including phenoxy) is 1. The van der Waals surface area contributed by atoms with E-state index < -0.39 is 11.2 Å². The highest BCUT2D eigenvalue weighted by Crippen LogP contribution is 2.19. The van der Waals surface area contributed by atoms with Gasteiger partial charge >= 0.3 is 5.69 Å². The molecule has 2 aromatic rings. The SMILES string of the molecule is CCCn1c(N)c(N2CCOCC2)c(=O)n(CC(=O)N(C)c2ccccc2)c1=O. The third-order valence-electron chi connectivity index (χ3n) is 5.03. The van der Waals surface area contributed by atoms with E-state index in [9.17, 15) is 14.4 Å². The molecule has 3 rings (SSSR count). The van der Waals surface area contributed by atoms with E-state index >= 15 is 0 Å². The van der Waals surface area contributed by atoms with Crippen molar-refractivity contribution in [3.63, 3.8) is 0 Å². The second-order valence-corrected chi connectivity index (χ2v) is 6.95. The van der Waals surface area contributed by atoms with Gasteiger partial charge in [-0.2, -0.15) is 0 Å². The molecule has 0 unspecified atom stereocenters. The zero-order valence-corrected chi connectivity index (χ0v) is 16.8. The smallest absolute Gasteiger partial charge is 0.333 e. The first-order valence-corrected chi connectivity index (χ1v) is 9.73. The number of hydrogen-bond donors (Lipinski definition) is 1. The Bertz CT molecular complexity index is 977. The number of aromatic nitrogens is 2. The third-order valence-corrected chi connectivity index (χ3v) is 5.03. The molecule has 0 atom stereocenters. The fourth-order valence-electron chi connectivity index (χ4n) is 3.40. The molecule has 0 spiro atoms. The molecule has 1 fully saturated rings. The number of hydrogen-bond acceptors (Lipinski definition) is 6. The average molecular weight is 401 g/mol. The van der Waals surface area contributed by atoms with Crippen LogP contribution in [-0.2, 0) is 22.6 Å². The van der Waals surface area contributed by atoms with Crippen molar-refractivity contribution in [1.82, 2.24) is 9.13 Å². The summed E-state index contributed by atoms with van der Waals surface area (Å²) in [5.74, 6) is -0.222. The van der Waals surface area contributed by atoms with Crippen molar-refractivity contribution in [3.8, 4) is 0 Å². The van der Waals surface area contributed by atoms with Crippen molar-refractivity contribution >= 4 is 23.1 Å². The molecule has 1 saturated heterocycles. The number of anilines is 3. The van der Waals surface area contributed by atoms with Gasteiger partial charge in [0, 0.05) is 32.4 Å². The normalized spacial score (nSPS) is 14.1. The van der Waals surface area contributed by atoms with Gasteiger partial charge in [-0.3, -0.25) is 14.2 Å². The number of nitrogen functional groups attached to an aromatic ring is 1. The summed E-state index contributed by atoms with van der Waals surface area (Å²) in [4.78, 5) is 42.2. The second kappa shape index (κ2) is 8.95. The largest absolute Gasteiger partial charge is 0.383 e. The molecule has 9 nitrogen and oxygen atoms in total. The Hall–Kier alpha value is -3.07. The zero-order valence-electron chi connectivity index (χ0n) is 16.8. The molecule has 156 valence electrons. The van der Waals surface area contributed by atoms with Gasteiger partial charge in [-0.05, 0) is 18.6 Å². The molecule has 0 bridgehead atoms. The predicted molar refractivity (Wildman–Crippen MR) is 113 cm³/mol. The van der Waals surface area contributed by atoms with Gasteiger partial charge < -0.3 is 20.3 Å². The molecule has 2 N–H and O–H groups in total. The van der Waals surface area contributed by atoms with Crippen LogP contribution in [0, 0.1) is 0 Å². The number of nitrogens with two attached hydrogens (primary N) is 1. The maximum Gasteiger partial charge on any atom is 0.333 e. The topological polar surface area (TPSA) is 103 Å². The highest BCUT2D eigenvalue weighted by molar-refractivity contribution is 5.92. The van der Waals surface area contributed by atoms with Gasteiger partial charge in [0.15, 0.2) is 0 Å². The van der Waals surface area contributed by atoms with Gasteiger partial charge in [-0.25, -0.2) is 9.36 Å². The van der Waals surface area contributed by atoms with Crippen molar-refractivity contribution in [2.45, 2.75) is 26.4 Å². The van der Waals surface area contributed by atoms with E-state index in [4.69, 9.17) is 10.5 Å². The van der Waals surface area contributed by atoms with Crippen LogP contribution in [0.25, 0.3) is 0 Å². The minimum atomic E-state index is -0.568. The molecule has 2 heterocycles. The van der Waals surface area contributed by atoms with E-state index in [0.717, 1.165) is 4.57 Å². The van der Waals surface area contributed by atoms with Crippen LogP contribution in [0.5, 0.6) is 0 Å². The van der Waals surface area contributed by atoms with Crippen LogP contribution < -0.4 is 26.8 Å². The first-order valence-electron chi connectivity index (χ1n) is 9.73. The number of nitrogens with zero attached hydrogens (tertiary/aromatic N) is 4. The maximum atomic E-state index is 13.2. The van der Waals surface area contributed by atoms with Crippen LogP contribution in [-0.4, -0.2) is 48.4 Å². The second-order valence-electron chi connectivity index (χ2n) is 6.95. The lowest BCUT2D eigenvalue weighted by Crippen LogP contribution is -2.49. The van der Waals surface area contributed by atoms with Gasteiger partial charge in [0.05, 0.1) is 13.2 Å². The lowest BCUT2D eigenvalue weighted by atomic mass is 10.3. The minimum Gasteiger partial charge on any atom is -0.383 e. The number of morpholine rings is 1. The summed E-state index contributed by atoms with van der Waals surface area (Å²) in [6.45, 7) is 3.88. The molecule has 1 aromatic carbocycles. The molecular weight excluding hydrogens is 374 g/mol. The Balaban J connectivity index is 2.03. The summed E-state index contributed by atoms with van der Waals surface area (Å²) in [5.41, 5.74) is 6.06. The van der Waals surface area contributed by atoms with Crippen molar-refractivity contribution < 1.29 is 9.53 Å². The number of amides is 1. The van der Waals surface area contributed by atoms with Crippen LogP contribution in [0.4, 0.5) is 17.2 Å². The van der Waals surface area contributed by atoms with E-state index in [1.807, 2.05) is 30.0 Å². The van der Waals surface area contributed by atoms with Crippen LogP contribution >= 0.6 is 0 Å². The highest BCUT2D eigenvalue weighted by Gasteiger charge is 2.25. The number of likely N-dealkylation sites (N-methyl/N-ethyl adjacent to an activating group) is 1. The lowest BCUT2D eigenvalue weighted by Gasteiger charge is -2.30. The molecule has 0 saturated carbocycles. The fourth-order valence-corrected chi connectivity index (χ4v) is 3.40. The summed E-state index contributed by atoms with van der Waals surface area (Å²) < 4.78 is 7.72. The Morgan fingerprint density at radius 1 is 1.14 bits per heavy atom. The monoisotopic (exact) mass is 401 g/mol. The average Bonchev–Trinajstić information content (AvgIpc) is 2.75. The molecule has 0 aliphatic carbocycles. The number of carbonyl (C=O) groups excluding carboxylic acids is 1. The van der Waals surface area contributed by atoms with Crippen LogP contribution in [0.2, 0.25) is 0 Å². The Morgan fingerprint density at radius 2 is 1.79 bits per heavy atom. The number of carbonyl (C=O) groups is 1. The summed E-state index contributed by atoms with van der Waals surface area (Å²) in [6, 6.07) is 9.07. The van der Waals surface area contributed by atoms with Crippen molar-refractivity contribution in [2.24, 2.45) is 0 Å².